The molecule has 0 heteroatoms. The van der Waals surface area contributed by atoms with Crippen LogP contribution in [0, 0.1) is 37.5 Å². The average Bonchev–Trinajstić information content (AvgIpc) is 2.99. The Morgan fingerprint density at radius 3 is 1.04 bits per heavy atom. The van der Waals surface area contributed by atoms with Gasteiger partial charge in [-0.1, -0.05) is 197 Å². The Kier molecular flexibility index (Phi) is 21.6. The quantitative estimate of drug-likeness (QED) is 0.187. The van der Waals surface area contributed by atoms with Crippen LogP contribution in [0.3, 0.4) is 0 Å². The highest BCUT2D eigenvalue weighted by Gasteiger charge is 2.09. The third kappa shape index (κ3) is 19.1. The Morgan fingerprint density at radius 1 is 0.378 bits per heavy atom. The first-order valence-corrected chi connectivity index (χ1v) is 17.0. The summed E-state index contributed by atoms with van der Waals surface area (Å²) in [4.78, 5) is 0. The summed E-state index contributed by atoms with van der Waals surface area (Å²) in [5.41, 5.74) is 8.48. The first-order valence-electron chi connectivity index (χ1n) is 17.0. The molecule has 0 radical (unpaired) electrons. The summed E-state index contributed by atoms with van der Waals surface area (Å²) in [6, 6.07) is 38.9. The fourth-order valence-electron chi connectivity index (χ4n) is 4.68. The molecule has 0 fully saturated rings. The number of hydrogen-bond donors (Lipinski definition) is 0. The van der Waals surface area contributed by atoms with Crippen LogP contribution in [-0.4, -0.2) is 0 Å². The molecule has 0 spiro atoms. The molecule has 4 aromatic carbocycles. The maximum Gasteiger partial charge on any atom is -0.0167 e. The molecular weight excluding hydrogens is 540 g/mol. The molecular formula is C45H68. The van der Waals surface area contributed by atoms with Crippen molar-refractivity contribution in [1.29, 1.82) is 0 Å². The van der Waals surface area contributed by atoms with Gasteiger partial charge in [-0.25, -0.2) is 0 Å². The molecule has 0 aliphatic carbocycles. The van der Waals surface area contributed by atoms with Crippen LogP contribution >= 0.6 is 0 Å². The van der Waals surface area contributed by atoms with Crippen LogP contribution in [-0.2, 0) is 12.8 Å². The van der Waals surface area contributed by atoms with Gasteiger partial charge >= 0.3 is 0 Å². The Morgan fingerprint density at radius 2 is 0.689 bits per heavy atom. The minimum atomic E-state index is 0. The minimum Gasteiger partial charge on any atom is -0.0776 e. The Bertz CT molecular complexity index is 1210. The fraction of sp³-hybridized carbons (Fsp3) is 0.467. The van der Waals surface area contributed by atoms with E-state index < -0.39 is 0 Å². The molecule has 248 valence electrons. The van der Waals surface area contributed by atoms with Gasteiger partial charge < -0.3 is 0 Å². The van der Waals surface area contributed by atoms with E-state index in [0.29, 0.717) is 11.8 Å². The molecule has 0 heterocycles. The molecule has 4 aromatic rings. The van der Waals surface area contributed by atoms with Crippen LogP contribution < -0.4 is 0 Å². The van der Waals surface area contributed by atoms with Crippen molar-refractivity contribution in [3.05, 3.63) is 143 Å². The van der Waals surface area contributed by atoms with Gasteiger partial charge in [-0.15, -0.1) is 0 Å². The number of rotatable bonds is 8. The summed E-state index contributed by atoms with van der Waals surface area (Å²) in [6.45, 7) is 26.9. The third-order valence-electron chi connectivity index (χ3n) is 8.18. The van der Waals surface area contributed by atoms with E-state index in [1.54, 1.807) is 0 Å². The minimum absolute atomic E-state index is 0. The lowest BCUT2D eigenvalue weighted by molar-refractivity contribution is 0.535. The van der Waals surface area contributed by atoms with Crippen molar-refractivity contribution < 1.29 is 0 Å². The van der Waals surface area contributed by atoms with Crippen molar-refractivity contribution in [1.82, 2.24) is 0 Å². The Labute approximate surface area is 280 Å². The van der Waals surface area contributed by atoms with Gasteiger partial charge in [-0.05, 0) is 84.5 Å². The van der Waals surface area contributed by atoms with Crippen LogP contribution in [0.2, 0.25) is 0 Å². The summed E-state index contributed by atoms with van der Waals surface area (Å²) in [6.07, 6.45) is 2.39. The zero-order valence-electron chi connectivity index (χ0n) is 30.3. The molecule has 0 aliphatic heterocycles. The van der Waals surface area contributed by atoms with Crippen molar-refractivity contribution in [2.45, 2.75) is 115 Å². The van der Waals surface area contributed by atoms with Gasteiger partial charge in [0.15, 0.2) is 0 Å². The van der Waals surface area contributed by atoms with Gasteiger partial charge in [0.2, 0.25) is 0 Å². The van der Waals surface area contributed by atoms with Crippen molar-refractivity contribution in [2.75, 3.05) is 0 Å². The summed E-state index contributed by atoms with van der Waals surface area (Å²) in [5, 5.41) is 0. The average molecular weight is 609 g/mol. The second-order valence-corrected chi connectivity index (χ2v) is 14.1. The van der Waals surface area contributed by atoms with Crippen molar-refractivity contribution in [2.24, 2.45) is 23.7 Å². The van der Waals surface area contributed by atoms with Gasteiger partial charge in [0, 0.05) is 0 Å². The molecule has 0 amide bonds. The van der Waals surface area contributed by atoms with E-state index >= 15 is 0 Å². The van der Waals surface area contributed by atoms with E-state index in [9.17, 15) is 0 Å². The summed E-state index contributed by atoms with van der Waals surface area (Å²) in [5.74, 6) is 4.34. The van der Waals surface area contributed by atoms with Crippen LogP contribution in [0.4, 0.5) is 0 Å². The molecule has 0 N–H and O–H groups in total. The predicted molar refractivity (Wildman–Crippen MR) is 206 cm³/mol. The van der Waals surface area contributed by atoms with Gasteiger partial charge in [0.05, 0.1) is 0 Å². The van der Waals surface area contributed by atoms with Gasteiger partial charge in [-0.2, -0.15) is 0 Å². The smallest absolute Gasteiger partial charge is 0.0167 e. The topological polar surface area (TPSA) is 0 Å². The Balaban J connectivity index is 0.000000570. The second-order valence-electron chi connectivity index (χ2n) is 14.1. The number of hydrogen-bond acceptors (Lipinski definition) is 0. The zero-order chi connectivity index (χ0) is 33.1. The molecule has 0 saturated carbocycles. The van der Waals surface area contributed by atoms with E-state index in [-0.39, 0.29) is 7.43 Å². The first-order chi connectivity index (χ1) is 20.8. The molecule has 2 atom stereocenters. The van der Waals surface area contributed by atoms with Crippen molar-refractivity contribution in [3.63, 3.8) is 0 Å². The molecule has 0 aliphatic rings. The summed E-state index contributed by atoms with van der Waals surface area (Å²) in [7, 11) is 0. The van der Waals surface area contributed by atoms with E-state index in [1.165, 1.54) is 46.2 Å². The van der Waals surface area contributed by atoms with E-state index in [2.05, 4.69) is 192 Å². The van der Waals surface area contributed by atoms with Crippen LogP contribution in [0.1, 0.15) is 122 Å². The monoisotopic (exact) mass is 609 g/mol. The lowest BCUT2D eigenvalue weighted by Crippen LogP contribution is -2.01. The van der Waals surface area contributed by atoms with Crippen LogP contribution in [0.25, 0.3) is 0 Å². The van der Waals surface area contributed by atoms with E-state index in [1.807, 2.05) is 0 Å². The van der Waals surface area contributed by atoms with Gasteiger partial charge in [0.25, 0.3) is 0 Å². The van der Waals surface area contributed by atoms with E-state index in [4.69, 9.17) is 0 Å². The van der Waals surface area contributed by atoms with Crippen LogP contribution in [0.5, 0.6) is 0 Å². The fourth-order valence-corrected chi connectivity index (χ4v) is 4.68. The number of benzene rings is 4. The maximum atomic E-state index is 2.29. The molecule has 0 nitrogen and oxygen atoms in total. The maximum absolute atomic E-state index is 2.29. The Hall–Kier alpha value is -3.12. The third-order valence-corrected chi connectivity index (χ3v) is 8.18. The molecule has 4 rings (SSSR count). The van der Waals surface area contributed by atoms with Gasteiger partial charge in [-0.3, -0.25) is 0 Å². The molecule has 0 aromatic heterocycles. The SMILES string of the molecule is C.CC(C)C(C)c1ccccc1.CC(C)Cc1ccccc1.Cc1ccc(C(C)C(C)C)cc1.Cc1ccc(CC(C)C)cc1. The summed E-state index contributed by atoms with van der Waals surface area (Å²) < 4.78 is 0. The number of aryl methyl sites for hydroxylation is 2. The predicted octanol–water partition coefficient (Wildman–Crippen LogP) is 13.9. The normalized spacial score (nSPS) is 11.7. The molecule has 0 bridgehead atoms. The van der Waals surface area contributed by atoms with Crippen LogP contribution in [0.15, 0.2) is 109 Å². The van der Waals surface area contributed by atoms with Crippen molar-refractivity contribution in [3.8, 4) is 0 Å². The highest BCUT2D eigenvalue weighted by molar-refractivity contribution is 5.24. The second kappa shape index (κ2) is 23.3. The highest BCUT2D eigenvalue weighted by Crippen LogP contribution is 2.24. The summed E-state index contributed by atoms with van der Waals surface area (Å²) >= 11 is 0. The first kappa shape index (κ1) is 41.9. The lowest BCUT2D eigenvalue weighted by Gasteiger charge is -2.15. The lowest BCUT2D eigenvalue weighted by atomic mass is 9.90. The highest BCUT2D eigenvalue weighted by atomic mass is 14.1. The molecule has 2 unspecified atom stereocenters. The van der Waals surface area contributed by atoms with Gasteiger partial charge in [0.1, 0.15) is 0 Å². The van der Waals surface area contributed by atoms with Crippen molar-refractivity contribution >= 4 is 0 Å². The largest absolute Gasteiger partial charge is 0.0776 e. The zero-order valence-corrected chi connectivity index (χ0v) is 30.3. The van der Waals surface area contributed by atoms with E-state index in [0.717, 1.165) is 23.7 Å². The standard InChI is InChI=1S/C12H18.2C11H16.C10H14.CH4/c1-9(2)11(4)12-7-5-10(3)6-8-12;1-9(2)8-11-6-4-10(3)5-7-11;1-9(2)10(3)11-7-5-4-6-8-11;1-9(2)8-10-6-4-3-5-7-10;/h5-9,11H,1-4H3;4-7,9H,8H2,1-3H3;4-10H,1-3H3;3-7,9H,8H2,1-2H3;1H4. The molecule has 0 saturated heterocycles. The molecule has 45 heavy (non-hydrogen) atoms.